The molecule has 0 bridgehead atoms. The molecule has 9 nitrogen and oxygen atoms in total. The molecule has 186 valence electrons. The Morgan fingerprint density at radius 2 is 1.83 bits per heavy atom. The largest absolute Gasteiger partial charge is 0.462 e. The summed E-state index contributed by atoms with van der Waals surface area (Å²) in [7, 11) is -3.57. The number of carbonyl (C=O) groups is 2. The van der Waals surface area contributed by atoms with Crippen molar-refractivity contribution < 1.29 is 22.7 Å². The summed E-state index contributed by atoms with van der Waals surface area (Å²) in [5, 5.41) is 11.3. The van der Waals surface area contributed by atoms with E-state index in [0.717, 1.165) is 24.6 Å². The van der Waals surface area contributed by atoms with Gasteiger partial charge in [0.1, 0.15) is 11.6 Å². The van der Waals surface area contributed by atoms with Gasteiger partial charge in [0, 0.05) is 12.2 Å². The molecule has 35 heavy (non-hydrogen) atoms. The van der Waals surface area contributed by atoms with Crippen LogP contribution >= 0.6 is 11.8 Å². The minimum atomic E-state index is -3.57. The molecule has 0 aliphatic carbocycles. The zero-order chi connectivity index (χ0) is 25.3. The average molecular weight is 517 g/mol. The summed E-state index contributed by atoms with van der Waals surface area (Å²) in [6.07, 6.45) is 1.72. The van der Waals surface area contributed by atoms with Gasteiger partial charge in [-0.1, -0.05) is 49.4 Å². The minimum absolute atomic E-state index is 0.0365. The number of rotatable bonds is 12. The number of nitrogens with one attached hydrogen (secondary N) is 1. The lowest BCUT2D eigenvalue weighted by atomic mass is 10.2. The number of carbonyl (C=O) groups excluding carboxylic acids is 2. The van der Waals surface area contributed by atoms with Crippen LogP contribution in [0.1, 0.15) is 42.9 Å². The maximum absolute atomic E-state index is 12.7. The first-order valence-electron chi connectivity index (χ1n) is 11.2. The Balaban J connectivity index is 1.60. The van der Waals surface area contributed by atoms with Crippen LogP contribution in [0.2, 0.25) is 0 Å². The fraction of sp³-hybridized carbons (Fsp3) is 0.333. The van der Waals surface area contributed by atoms with E-state index in [1.807, 2.05) is 13.8 Å². The first-order chi connectivity index (χ1) is 16.8. The van der Waals surface area contributed by atoms with E-state index < -0.39 is 15.8 Å². The quantitative estimate of drug-likeness (QED) is 0.218. The lowest BCUT2D eigenvalue weighted by Crippen LogP contribution is -2.16. The first-order valence-corrected chi connectivity index (χ1v) is 13.9. The van der Waals surface area contributed by atoms with Crippen molar-refractivity contribution in [2.75, 3.05) is 17.7 Å². The summed E-state index contributed by atoms with van der Waals surface area (Å²) in [4.78, 5) is 24.8. The second kappa shape index (κ2) is 12.5. The van der Waals surface area contributed by atoms with Gasteiger partial charge in [0.25, 0.3) is 0 Å². The number of benzene rings is 2. The Morgan fingerprint density at radius 3 is 2.54 bits per heavy atom. The van der Waals surface area contributed by atoms with Gasteiger partial charge in [-0.3, -0.25) is 4.79 Å². The zero-order valence-corrected chi connectivity index (χ0v) is 21.3. The fourth-order valence-electron chi connectivity index (χ4n) is 3.17. The number of sulfone groups is 1. The summed E-state index contributed by atoms with van der Waals surface area (Å²) in [6.45, 7) is 4.68. The van der Waals surface area contributed by atoms with Crippen molar-refractivity contribution in [2.24, 2.45) is 0 Å². The number of hydrogen-bond donors (Lipinski definition) is 1. The van der Waals surface area contributed by atoms with Gasteiger partial charge in [0.2, 0.25) is 5.91 Å². The van der Waals surface area contributed by atoms with E-state index in [0.29, 0.717) is 35.4 Å². The van der Waals surface area contributed by atoms with Crippen molar-refractivity contribution in [3.63, 3.8) is 0 Å². The summed E-state index contributed by atoms with van der Waals surface area (Å²) in [5.74, 6) is -0.664. The molecule has 3 aromatic rings. The first kappa shape index (κ1) is 26.4. The second-order valence-corrected chi connectivity index (χ2v) is 10.6. The highest BCUT2D eigenvalue weighted by atomic mass is 32.2. The highest BCUT2D eigenvalue weighted by Crippen LogP contribution is 2.21. The van der Waals surface area contributed by atoms with E-state index >= 15 is 0 Å². The van der Waals surface area contributed by atoms with Crippen molar-refractivity contribution in [1.29, 1.82) is 0 Å². The molecule has 3 rings (SSSR count). The molecule has 0 radical (unpaired) electrons. The van der Waals surface area contributed by atoms with E-state index in [1.165, 1.54) is 0 Å². The third-order valence-electron chi connectivity index (χ3n) is 4.98. The van der Waals surface area contributed by atoms with Crippen LogP contribution in [-0.4, -0.2) is 47.4 Å². The van der Waals surface area contributed by atoms with Crippen molar-refractivity contribution >= 4 is 39.2 Å². The van der Waals surface area contributed by atoms with Crippen LogP contribution in [0, 0.1) is 0 Å². The topological polar surface area (TPSA) is 120 Å². The van der Waals surface area contributed by atoms with Crippen molar-refractivity contribution in [1.82, 2.24) is 14.8 Å². The molecule has 0 aliphatic rings. The summed E-state index contributed by atoms with van der Waals surface area (Å²) < 4.78 is 32.3. The van der Waals surface area contributed by atoms with Crippen LogP contribution in [0.4, 0.5) is 5.69 Å². The number of hydrogen-bond acceptors (Lipinski definition) is 8. The molecule has 0 atom stereocenters. The molecular weight excluding hydrogens is 488 g/mol. The lowest BCUT2D eigenvalue weighted by molar-refractivity contribution is -0.113. The van der Waals surface area contributed by atoms with E-state index in [9.17, 15) is 18.0 Å². The molecule has 11 heteroatoms. The van der Waals surface area contributed by atoms with Gasteiger partial charge < -0.3 is 14.6 Å². The maximum atomic E-state index is 12.7. The van der Waals surface area contributed by atoms with E-state index in [1.54, 1.807) is 59.2 Å². The third kappa shape index (κ3) is 7.40. The number of nitrogens with zero attached hydrogens (tertiary/aromatic N) is 3. The number of ether oxygens (including phenoxy) is 1. The minimum Gasteiger partial charge on any atom is -0.462 e. The molecule has 0 saturated carbocycles. The standard InChI is InChI=1S/C24H28N4O5S2/c1-3-5-14-33-23(30)18-10-9-11-19(15-18)25-22(29)16-34-24-27-26-21(28(24)4-2)17-35(31,32)20-12-7-6-8-13-20/h6-13,15H,3-5,14,16-17H2,1-2H3,(H,25,29). The fourth-order valence-corrected chi connectivity index (χ4v) is 5.29. The second-order valence-electron chi connectivity index (χ2n) is 7.62. The van der Waals surface area contributed by atoms with Gasteiger partial charge in [-0.25, -0.2) is 13.2 Å². The summed E-state index contributed by atoms with van der Waals surface area (Å²) in [6, 6.07) is 14.7. The molecule has 0 saturated heterocycles. The van der Waals surface area contributed by atoms with Gasteiger partial charge >= 0.3 is 5.97 Å². The summed E-state index contributed by atoms with van der Waals surface area (Å²) in [5.41, 5.74) is 0.841. The Bertz CT molecular complexity index is 1260. The van der Waals surface area contributed by atoms with Crippen LogP contribution in [0.5, 0.6) is 0 Å². The molecule has 1 aromatic heterocycles. The van der Waals surface area contributed by atoms with Crippen molar-refractivity contribution in [3.05, 3.63) is 66.0 Å². The summed E-state index contributed by atoms with van der Waals surface area (Å²) >= 11 is 1.16. The molecule has 1 amide bonds. The molecular formula is C24H28N4O5S2. The molecule has 0 unspecified atom stereocenters. The zero-order valence-electron chi connectivity index (χ0n) is 19.6. The number of unbranched alkanes of at least 4 members (excludes halogenated alkanes) is 1. The van der Waals surface area contributed by atoms with E-state index in [2.05, 4.69) is 15.5 Å². The molecule has 0 spiro atoms. The smallest absolute Gasteiger partial charge is 0.338 e. The van der Waals surface area contributed by atoms with Gasteiger partial charge in [-0.2, -0.15) is 0 Å². The van der Waals surface area contributed by atoms with Crippen LogP contribution in [-0.2, 0) is 31.7 Å². The van der Waals surface area contributed by atoms with Gasteiger partial charge in [-0.05, 0) is 43.7 Å². The van der Waals surface area contributed by atoms with Crippen molar-refractivity contribution in [2.45, 2.75) is 49.0 Å². The highest BCUT2D eigenvalue weighted by Gasteiger charge is 2.21. The third-order valence-corrected chi connectivity index (χ3v) is 7.57. The Kier molecular flexibility index (Phi) is 9.44. The number of amides is 1. The predicted molar refractivity (Wildman–Crippen MR) is 134 cm³/mol. The predicted octanol–water partition coefficient (Wildman–Crippen LogP) is 3.96. The number of aromatic nitrogens is 3. The Hall–Kier alpha value is -3.18. The number of thioether (sulfide) groups is 1. The highest BCUT2D eigenvalue weighted by molar-refractivity contribution is 7.99. The van der Waals surface area contributed by atoms with E-state index in [-0.39, 0.29) is 22.3 Å². The lowest BCUT2D eigenvalue weighted by Gasteiger charge is -2.09. The molecule has 0 fully saturated rings. The monoisotopic (exact) mass is 516 g/mol. The normalized spacial score (nSPS) is 11.3. The molecule has 1 heterocycles. The molecule has 0 aliphatic heterocycles. The molecule has 1 N–H and O–H groups in total. The van der Waals surface area contributed by atoms with Crippen molar-refractivity contribution in [3.8, 4) is 0 Å². The SMILES string of the molecule is CCCCOC(=O)c1cccc(NC(=O)CSc2nnc(CS(=O)(=O)c3ccccc3)n2CC)c1. The van der Waals surface area contributed by atoms with Crippen LogP contribution in [0.15, 0.2) is 64.6 Å². The van der Waals surface area contributed by atoms with Crippen LogP contribution in [0.3, 0.4) is 0 Å². The van der Waals surface area contributed by atoms with Gasteiger partial charge in [-0.15, -0.1) is 10.2 Å². The average Bonchev–Trinajstić information content (AvgIpc) is 3.24. The Labute approximate surface area is 209 Å². The van der Waals surface area contributed by atoms with E-state index in [4.69, 9.17) is 4.74 Å². The molecule has 2 aromatic carbocycles. The Morgan fingerprint density at radius 1 is 1.06 bits per heavy atom. The number of anilines is 1. The van der Waals surface area contributed by atoms with Crippen LogP contribution < -0.4 is 5.32 Å². The maximum Gasteiger partial charge on any atom is 0.338 e. The van der Waals surface area contributed by atoms with Gasteiger partial charge in [0.15, 0.2) is 15.0 Å². The van der Waals surface area contributed by atoms with Gasteiger partial charge in [0.05, 0.1) is 22.8 Å². The van der Waals surface area contributed by atoms with Crippen LogP contribution in [0.25, 0.3) is 0 Å². The number of esters is 1.